The van der Waals surface area contributed by atoms with Gasteiger partial charge in [0.1, 0.15) is 17.7 Å². The standard InChI is InChI=1S/C24H30N6O4/c1-17-6-2-4-8-24(17)22(33)30(23(34)26-24)16-21(32)28-12-10-27(11-13-28)15-18-14-20(31)29-9-5-3-7-19(29)25-18/h3,5,7,9,14,17H,2,4,6,8,10-13,15-16H2,1H3,(H,26,34)/t17-,24+/m0/s1. The van der Waals surface area contributed by atoms with E-state index in [1.54, 1.807) is 29.3 Å². The maximum Gasteiger partial charge on any atom is 0.325 e. The lowest BCUT2D eigenvalue weighted by molar-refractivity contribution is -0.141. The van der Waals surface area contributed by atoms with E-state index in [1.807, 2.05) is 13.0 Å². The Hall–Kier alpha value is -3.27. The Balaban J connectivity index is 1.18. The Morgan fingerprint density at radius 3 is 2.71 bits per heavy atom. The summed E-state index contributed by atoms with van der Waals surface area (Å²) in [6, 6.07) is 6.53. The first-order valence-corrected chi connectivity index (χ1v) is 12.0. The number of rotatable bonds is 4. The van der Waals surface area contributed by atoms with Crippen LogP contribution >= 0.6 is 0 Å². The van der Waals surface area contributed by atoms with Crippen LogP contribution in [0.4, 0.5) is 4.79 Å². The van der Waals surface area contributed by atoms with E-state index in [2.05, 4.69) is 15.2 Å². The van der Waals surface area contributed by atoms with Crippen LogP contribution in [-0.2, 0) is 16.1 Å². The maximum atomic E-state index is 13.1. The highest BCUT2D eigenvalue weighted by Gasteiger charge is 2.55. The van der Waals surface area contributed by atoms with Crippen molar-refractivity contribution in [2.75, 3.05) is 32.7 Å². The number of amides is 4. The first-order valence-electron chi connectivity index (χ1n) is 12.0. The molecule has 2 atom stereocenters. The maximum absolute atomic E-state index is 13.1. The molecular formula is C24H30N6O4. The molecule has 0 unspecified atom stereocenters. The number of carbonyl (C=O) groups is 3. The van der Waals surface area contributed by atoms with Crippen LogP contribution in [0.15, 0.2) is 35.3 Å². The van der Waals surface area contributed by atoms with Gasteiger partial charge in [0.05, 0.1) is 5.69 Å². The van der Waals surface area contributed by atoms with Crippen molar-refractivity contribution in [1.29, 1.82) is 0 Å². The average Bonchev–Trinajstić information content (AvgIpc) is 3.06. The predicted octanol–water partition coefficient (Wildman–Crippen LogP) is 0.839. The van der Waals surface area contributed by atoms with Crippen LogP contribution in [0.3, 0.4) is 0 Å². The van der Waals surface area contributed by atoms with Crippen molar-refractivity contribution >= 4 is 23.5 Å². The van der Waals surface area contributed by atoms with Gasteiger partial charge < -0.3 is 10.2 Å². The highest BCUT2D eigenvalue weighted by molar-refractivity contribution is 6.09. The van der Waals surface area contributed by atoms with E-state index in [0.29, 0.717) is 50.5 Å². The number of nitrogens with zero attached hydrogens (tertiary/aromatic N) is 5. The van der Waals surface area contributed by atoms with Crippen molar-refractivity contribution in [3.8, 4) is 0 Å². The summed E-state index contributed by atoms with van der Waals surface area (Å²) in [6.45, 7) is 4.55. The number of hydrogen-bond donors (Lipinski definition) is 1. The fraction of sp³-hybridized carbons (Fsp3) is 0.542. The third-order valence-corrected chi connectivity index (χ3v) is 7.53. The average molecular weight is 467 g/mol. The van der Waals surface area contributed by atoms with Crippen molar-refractivity contribution in [2.45, 2.75) is 44.7 Å². The lowest BCUT2D eigenvalue weighted by Gasteiger charge is -2.37. The normalized spacial score (nSPS) is 25.9. The smallest absolute Gasteiger partial charge is 0.325 e. The van der Waals surface area contributed by atoms with Crippen LogP contribution < -0.4 is 10.9 Å². The molecule has 3 aliphatic rings. The summed E-state index contributed by atoms with van der Waals surface area (Å²) in [4.78, 5) is 60.5. The number of urea groups is 1. The first kappa shape index (κ1) is 22.5. The first-order chi connectivity index (χ1) is 16.4. The Labute approximate surface area is 197 Å². The highest BCUT2D eigenvalue weighted by Crippen LogP contribution is 2.38. The molecule has 34 heavy (non-hydrogen) atoms. The van der Waals surface area contributed by atoms with Gasteiger partial charge in [0, 0.05) is 45.0 Å². The number of hydrogen-bond acceptors (Lipinski definition) is 6. The van der Waals surface area contributed by atoms with Gasteiger partial charge in [-0.05, 0) is 30.9 Å². The third kappa shape index (κ3) is 3.96. The van der Waals surface area contributed by atoms with Crippen LogP contribution in [-0.4, -0.2) is 80.2 Å². The summed E-state index contributed by atoms with van der Waals surface area (Å²) in [5.74, 6) is -0.408. The molecule has 0 radical (unpaired) electrons. The van der Waals surface area contributed by atoms with Gasteiger partial charge >= 0.3 is 6.03 Å². The molecule has 180 valence electrons. The number of fused-ring (bicyclic) bond motifs is 1. The van der Waals surface area contributed by atoms with Gasteiger partial charge in [0.25, 0.3) is 11.5 Å². The molecule has 0 bridgehead atoms. The molecule has 2 aromatic rings. The number of piperazine rings is 1. The van der Waals surface area contributed by atoms with Crippen LogP contribution in [0.1, 0.15) is 38.3 Å². The van der Waals surface area contributed by atoms with E-state index in [9.17, 15) is 19.2 Å². The van der Waals surface area contributed by atoms with E-state index in [4.69, 9.17) is 0 Å². The Bertz CT molecular complexity index is 1190. The molecule has 0 aromatic carbocycles. The number of pyridine rings is 1. The summed E-state index contributed by atoms with van der Waals surface area (Å²) in [5.41, 5.74) is 0.340. The molecule has 10 heteroatoms. The fourth-order valence-electron chi connectivity index (χ4n) is 5.44. The van der Waals surface area contributed by atoms with E-state index in [-0.39, 0.29) is 29.8 Å². The van der Waals surface area contributed by atoms with Crippen LogP contribution in [0.2, 0.25) is 0 Å². The largest absolute Gasteiger partial charge is 0.339 e. The van der Waals surface area contributed by atoms with Gasteiger partial charge in [0.2, 0.25) is 5.91 Å². The van der Waals surface area contributed by atoms with E-state index in [0.717, 1.165) is 24.2 Å². The fourth-order valence-corrected chi connectivity index (χ4v) is 5.44. The minimum absolute atomic E-state index is 0.0677. The molecule has 5 rings (SSSR count). The summed E-state index contributed by atoms with van der Waals surface area (Å²) < 4.78 is 1.51. The molecule has 3 fully saturated rings. The molecule has 1 N–H and O–H groups in total. The molecule has 1 saturated carbocycles. The van der Waals surface area contributed by atoms with Crippen LogP contribution in [0.25, 0.3) is 5.65 Å². The molecule has 2 saturated heterocycles. The molecule has 1 aliphatic carbocycles. The molecule has 1 spiro atoms. The highest BCUT2D eigenvalue weighted by atomic mass is 16.2. The topological polar surface area (TPSA) is 107 Å². The molecule has 10 nitrogen and oxygen atoms in total. The summed E-state index contributed by atoms with van der Waals surface area (Å²) in [6.07, 6.45) is 5.18. The SMILES string of the molecule is C[C@H]1CCCC[C@@]12NC(=O)N(CC(=O)N1CCN(Cc3cc(=O)n4ccccc4n3)CC1)C2=O. The number of aromatic nitrogens is 2. The molecule has 2 aromatic heterocycles. The lowest BCUT2D eigenvalue weighted by atomic mass is 9.73. The van der Waals surface area contributed by atoms with Crippen molar-refractivity contribution in [3.63, 3.8) is 0 Å². The number of nitrogens with one attached hydrogen (secondary N) is 1. The minimum Gasteiger partial charge on any atom is -0.339 e. The summed E-state index contributed by atoms with van der Waals surface area (Å²) in [7, 11) is 0. The zero-order valence-corrected chi connectivity index (χ0v) is 19.4. The molecule has 4 amide bonds. The summed E-state index contributed by atoms with van der Waals surface area (Å²) >= 11 is 0. The van der Waals surface area contributed by atoms with E-state index < -0.39 is 11.6 Å². The van der Waals surface area contributed by atoms with Crippen molar-refractivity contribution in [3.05, 3.63) is 46.5 Å². The third-order valence-electron chi connectivity index (χ3n) is 7.53. The zero-order valence-electron chi connectivity index (χ0n) is 19.4. The number of carbonyl (C=O) groups excluding carboxylic acids is 3. The van der Waals surface area contributed by atoms with Gasteiger partial charge in [-0.1, -0.05) is 25.8 Å². The minimum atomic E-state index is -0.847. The van der Waals surface area contributed by atoms with Gasteiger partial charge in [-0.3, -0.25) is 28.6 Å². The van der Waals surface area contributed by atoms with E-state index in [1.165, 1.54) is 4.40 Å². The lowest BCUT2D eigenvalue weighted by Crippen LogP contribution is -2.54. The number of imide groups is 1. The Morgan fingerprint density at radius 1 is 1.15 bits per heavy atom. The second-order valence-electron chi connectivity index (χ2n) is 9.61. The molecule has 4 heterocycles. The van der Waals surface area contributed by atoms with Crippen LogP contribution in [0.5, 0.6) is 0 Å². The molecule has 2 aliphatic heterocycles. The van der Waals surface area contributed by atoms with Crippen molar-refractivity contribution < 1.29 is 14.4 Å². The van der Waals surface area contributed by atoms with Gasteiger partial charge in [0.15, 0.2) is 0 Å². The quantitative estimate of drug-likeness (QED) is 0.670. The predicted molar refractivity (Wildman–Crippen MR) is 124 cm³/mol. The molecular weight excluding hydrogens is 436 g/mol. The van der Waals surface area contributed by atoms with Gasteiger partial charge in [-0.2, -0.15) is 0 Å². The Kier molecular flexibility index (Phi) is 5.85. The Morgan fingerprint density at radius 2 is 1.94 bits per heavy atom. The second-order valence-corrected chi connectivity index (χ2v) is 9.61. The van der Waals surface area contributed by atoms with Gasteiger partial charge in [-0.25, -0.2) is 9.78 Å². The van der Waals surface area contributed by atoms with E-state index >= 15 is 0 Å². The summed E-state index contributed by atoms with van der Waals surface area (Å²) in [5, 5.41) is 2.90. The zero-order chi connectivity index (χ0) is 23.9. The van der Waals surface area contributed by atoms with Crippen molar-refractivity contribution in [2.24, 2.45) is 5.92 Å². The monoisotopic (exact) mass is 466 g/mol. The second kappa shape index (κ2) is 8.83. The van der Waals surface area contributed by atoms with Crippen molar-refractivity contribution in [1.82, 2.24) is 29.4 Å². The van der Waals surface area contributed by atoms with Crippen LogP contribution in [0, 0.1) is 5.92 Å². The van der Waals surface area contributed by atoms with Gasteiger partial charge in [-0.15, -0.1) is 0 Å².